The molecule has 0 spiro atoms. The summed E-state index contributed by atoms with van der Waals surface area (Å²) < 4.78 is 35.4. The average Bonchev–Trinajstić information content (AvgIpc) is 2.96. The summed E-state index contributed by atoms with van der Waals surface area (Å²) in [5.41, 5.74) is 2.66. The second kappa shape index (κ2) is 10.3. The van der Waals surface area contributed by atoms with Crippen LogP contribution in [0.1, 0.15) is 19.5 Å². The molecule has 0 unspecified atom stereocenters. The van der Waals surface area contributed by atoms with Crippen molar-refractivity contribution in [3.8, 4) is 5.75 Å². The third kappa shape index (κ3) is 7.03. The summed E-state index contributed by atoms with van der Waals surface area (Å²) in [5.74, 6) is -1.08. The van der Waals surface area contributed by atoms with Gasteiger partial charge in [-0.25, -0.2) is 0 Å². The number of aryl methyl sites for hydroxylation is 1. The second-order valence-electron chi connectivity index (χ2n) is 6.76. The predicted molar refractivity (Wildman–Crippen MR) is 116 cm³/mol. The molecule has 1 heterocycles. The molecule has 3 rings (SSSR count). The summed E-state index contributed by atoms with van der Waals surface area (Å²) in [6.07, 6.45) is 0. The molecule has 3 aromatic rings. The van der Waals surface area contributed by atoms with Gasteiger partial charge in [-0.05, 0) is 24.4 Å². The Balaban J connectivity index is 0.000000221. The SMILES string of the molecule is CC(=O)Nc1ccc([As](=O)(O)O)c(O)c1.CC(=O)OCCn1c(C)cc2ccccc21. The smallest absolute Gasteiger partial charge is 0.302 e. The Hall–Kier alpha value is -3.00. The third-order valence-corrected chi connectivity index (χ3v) is 6.36. The zero-order chi connectivity index (χ0) is 23.2. The number of aromatic nitrogens is 1. The zero-order valence-corrected chi connectivity index (χ0v) is 19.3. The number of esters is 1. The van der Waals surface area contributed by atoms with Crippen molar-refractivity contribution in [2.24, 2.45) is 0 Å². The number of ether oxygens (including phenoxy) is 1. The maximum absolute atomic E-state index is 10.9. The number of phenolic OH excluding ortho intramolecular Hbond substituents is 1. The first-order valence-electron chi connectivity index (χ1n) is 9.34. The summed E-state index contributed by atoms with van der Waals surface area (Å²) in [7, 11) is 0. The largest absolute Gasteiger partial charge is 0.464 e. The molecule has 0 aliphatic heterocycles. The van der Waals surface area contributed by atoms with Crippen molar-refractivity contribution in [2.75, 3.05) is 11.9 Å². The molecule has 9 nitrogen and oxygen atoms in total. The van der Waals surface area contributed by atoms with Crippen molar-refractivity contribution in [3.05, 3.63) is 54.2 Å². The fraction of sp³-hybridized carbons (Fsp3) is 0.238. The number of carbonyl (C=O) groups is 2. The number of phenols is 1. The molecule has 4 N–H and O–H groups in total. The van der Waals surface area contributed by atoms with Crippen molar-refractivity contribution in [2.45, 2.75) is 27.3 Å². The van der Waals surface area contributed by atoms with E-state index in [4.69, 9.17) is 12.9 Å². The summed E-state index contributed by atoms with van der Waals surface area (Å²) in [6, 6.07) is 13.9. The van der Waals surface area contributed by atoms with Gasteiger partial charge in [0.15, 0.2) is 0 Å². The van der Waals surface area contributed by atoms with E-state index in [0.717, 1.165) is 12.1 Å². The van der Waals surface area contributed by atoms with Gasteiger partial charge in [0, 0.05) is 18.1 Å². The molecular formula is C21H25AsN2O7. The molecule has 0 aliphatic rings. The first-order valence-corrected chi connectivity index (χ1v) is 12.7. The molecule has 0 fully saturated rings. The van der Waals surface area contributed by atoms with E-state index in [1.54, 1.807) is 0 Å². The van der Waals surface area contributed by atoms with E-state index in [-0.39, 0.29) is 17.6 Å². The van der Waals surface area contributed by atoms with Crippen molar-refractivity contribution in [3.63, 3.8) is 0 Å². The maximum atomic E-state index is 10.9. The number of amides is 1. The van der Waals surface area contributed by atoms with E-state index in [9.17, 15) is 18.4 Å². The van der Waals surface area contributed by atoms with Crippen molar-refractivity contribution in [1.82, 2.24) is 4.57 Å². The zero-order valence-electron chi connectivity index (χ0n) is 17.4. The molecule has 31 heavy (non-hydrogen) atoms. The van der Waals surface area contributed by atoms with Gasteiger partial charge in [-0.15, -0.1) is 0 Å². The minimum absolute atomic E-state index is 0.228. The van der Waals surface area contributed by atoms with Crippen LogP contribution in [0, 0.1) is 6.92 Å². The summed E-state index contributed by atoms with van der Waals surface area (Å²) >= 11 is -5.09. The fourth-order valence-corrected chi connectivity index (χ4v) is 4.30. The molecular weight excluding hydrogens is 467 g/mol. The molecule has 0 radical (unpaired) electrons. The maximum Gasteiger partial charge on any atom is 0.302 e. The Kier molecular flexibility index (Phi) is 8.10. The van der Waals surface area contributed by atoms with Gasteiger partial charge in [0.1, 0.15) is 6.61 Å². The molecule has 166 valence electrons. The quantitative estimate of drug-likeness (QED) is 0.312. The van der Waals surface area contributed by atoms with Gasteiger partial charge in [0.25, 0.3) is 0 Å². The summed E-state index contributed by atoms with van der Waals surface area (Å²) in [6.45, 7) is 5.92. The average molecular weight is 492 g/mol. The van der Waals surface area contributed by atoms with Crippen LogP contribution < -0.4 is 9.67 Å². The summed E-state index contributed by atoms with van der Waals surface area (Å²) in [5, 5.41) is 12.9. The van der Waals surface area contributed by atoms with Crippen LogP contribution in [0.15, 0.2) is 48.5 Å². The number of rotatable bonds is 5. The van der Waals surface area contributed by atoms with Crippen molar-refractivity contribution >= 4 is 47.0 Å². The molecule has 0 bridgehead atoms. The molecule has 10 heteroatoms. The number of benzene rings is 2. The van der Waals surface area contributed by atoms with E-state index in [1.165, 1.54) is 36.5 Å². The van der Waals surface area contributed by atoms with Gasteiger partial charge >= 0.3 is 94.1 Å². The first-order chi connectivity index (χ1) is 14.5. The number of fused-ring (bicyclic) bond motifs is 1. The van der Waals surface area contributed by atoms with Gasteiger partial charge in [-0.3, -0.25) is 4.79 Å². The molecule has 0 saturated heterocycles. The summed E-state index contributed by atoms with van der Waals surface area (Å²) in [4.78, 5) is 21.4. The Bertz CT molecular complexity index is 1130. The van der Waals surface area contributed by atoms with Crippen LogP contribution in [-0.2, 0) is 24.6 Å². The molecule has 0 atom stereocenters. The minimum atomic E-state index is -5.09. The predicted octanol–water partition coefficient (Wildman–Crippen LogP) is 1.42. The van der Waals surface area contributed by atoms with E-state index in [1.807, 2.05) is 12.1 Å². The second-order valence-corrected chi connectivity index (χ2v) is 10.1. The molecule has 1 amide bonds. The number of nitrogens with zero attached hydrogens (tertiary/aromatic N) is 1. The van der Waals surface area contributed by atoms with Crippen LogP contribution in [0.4, 0.5) is 5.69 Å². The molecule has 0 aliphatic carbocycles. The van der Waals surface area contributed by atoms with Gasteiger partial charge in [-0.1, -0.05) is 18.2 Å². The number of nitrogens with one attached hydrogen (secondary N) is 1. The van der Waals surface area contributed by atoms with Crippen molar-refractivity contribution in [1.29, 1.82) is 0 Å². The van der Waals surface area contributed by atoms with E-state index < -0.39 is 24.3 Å². The van der Waals surface area contributed by atoms with Crippen LogP contribution in [0.5, 0.6) is 5.75 Å². The number of anilines is 1. The number of aromatic hydroxyl groups is 1. The normalized spacial score (nSPS) is 10.9. The van der Waals surface area contributed by atoms with E-state index in [0.29, 0.717) is 13.2 Å². The van der Waals surface area contributed by atoms with Gasteiger partial charge in [0.2, 0.25) is 0 Å². The van der Waals surface area contributed by atoms with E-state index in [2.05, 4.69) is 35.0 Å². The number of hydrogen-bond donors (Lipinski definition) is 4. The van der Waals surface area contributed by atoms with Crippen molar-refractivity contribution < 1.29 is 31.4 Å². The van der Waals surface area contributed by atoms with Crippen LogP contribution in [0.2, 0.25) is 0 Å². The Morgan fingerprint density at radius 1 is 1.10 bits per heavy atom. The van der Waals surface area contributed by atoms with Gasteiger partial charge < -0.3 is 9.30 Å². The Morgan fingerprint density at radius 3 is 2.35 bits per heavy atom. The van der Waals surface area contributed by atoms with Crippen LogP contribution >= 0.6 is 0 Å². The molecule has 2 aromatic carbocycles. The van der Waals surface area contributed by atoms with E-state index >= 15 is 0 Å². The minimum Gasteiger partial charge on any atom is -0.464 e. The number of para-hydroxylation sites is 1. The Labute approximate surface area is 182 Å². The molecule has 0 saturated carbocycles. The first kappa shape index (κ1) is 24.3. The third-order valence-electron chi connectivity index (χ3n) is 4.25. The standard InChI is InChI=1S/C13H15NO2.C8H10AsNO5/c1-10-9-12-5-3-4-6-13(12)14(10)7-8-16-11(2)15;1-5(11)10-6-2-3-7(8(12)4-6)9(13,14)15/h3-6,9H,7-8H2,1-2H3;2-4,12H,1H3,(H,10,11)(H2,13,14,15). The fourth-order valence-electron chi connectivity index (χ4n) is 2.98. The van der Waals surface area contributed by atoms with Crippen LogP contribution in [0.25, 0.3) is 10.9 Å². The van der Waals surface area contributed by atoms with Gasteiger partial charge in [-0.2, -0.15) is 0 Å². The topological polar surface area (TPSA) is 138 Å². The molecule has 1 aromatic heterocycles. The van der Waals surface area contributed by atoms with Crippen LogP contribution in [0.3, 0.4) is 0 Å². The number of hydrogen-bond acceptors (Lipinski definition) is 5. The van der Waals surface area contributed by atoms with Gasteiger partial charge in [0.05, 0.1) is 6.54 Å². The monoisotopic (exact) mass is 492 g/mol. The number of carbonyl (C=O) groups excluding carboxylic acids is 2. The van der Waals surface area contributed by atoms with Crippen LogP contribution in [-0.4, -0.2) is 50.5 Å². The Morgan fingerprint density at radius 2 is 1.77 bits per heavy atom.